The number of benzene rings is 3. The molecule has 0 aliphatic heterocycles. The number of anilines is 2. The first-order chi connectivity index (χ1) is 16.0. The van der Waals surface area contributed by atoms with Crippen molar-refractivity contribution in [3.63, 3.8) is 0 Å². The maximum absolute atomic E-state index is 13.2. The number of nitrogens with zero attached hydrogens (tertiary/aromatic N) is 2. The summed E-state index contributed by atoms with van der Waals surface area (Å²) >= 11 is 0. The highest BCUT2D eigenvalue weighted by atomic mass is 32.2. The Morgan fingerprint density at radius 3 is 2.35 bits per heavy atom. The Balaban J connectivity index is 1.94. The van der Waals surface area contributed by atoms with Crippen molar-refractivity contribution >= 4 is 33.3 Å². The van der Waals surface area contributed by atoms with Crippen LogP contribution in [0.4, 0.5) is 30.2 Å². The zero-order chi connectivity index (χ0) is 24.9. The molecule has 0 aromatic heterocycles. The number of rotatable bonds is 8. The van der Waals surface area contributed by atoms with Crippen LogP contribution in [0.15, 0.2) is 76.7 Å². The smallest absolute Gasteiger partial charge is 0.417 e. The highest BCUT2D eigenvalue weighted by Crippen LogP contribution is 2.32. The van der Waals surface area contributed by atoms with Gasteiger partial charge in [-0.2, -0.15) is 18.3 Å². The Hall–Kier alpha value is -4.13. The molecule has 0 amide bonds. The number of halogens is 3. The van der Waals surface area contributed by atoms with Crippen LogP contribution >= 0.6 is 0 Å². The molecule has 0 saturated heterocycles. The highest BCUT2D eigenvalue weighted by Gasteiger charge is 2.32. The zero-order valence-corrected chi connectivity index (χ0v) is 18.2. The number of methoxy groups -OCH3 is 1. The third-order valence-electron chi connectivity index (χ3n) is 4.46. The van der Waals surface area contributed by atoms with Crippen molar-refractivity contribution in [2.45, 2.75) is 11.1 Å². The molecule has 13 heteroatoms. The van der Waals surface area contributed by atoms with Gasteiger partial charge in [0.25, 0.3) is 15.7 Å². The van der Waals surface area contributed by atoms with Gasteiger partial charge in [0, 0.05) is 23.4 Å². The largest absolute Gasteiger partial charge is 0.497 e. The molecule has 0 radical (unpaired) electrons. The summed E-state index contributed by atoms with van der Waals surface area (Å²) in [4.78, 5) is 9.86. The van der Waals surface area contributed by atoms with Crippen LogP contribution in [0.1, 0.15) is 11.1 Å². The van der Waals surface area contributed by atoms with Gasteiger partial charge >= 0.3 is 6.18 Å². The number of non-ortho nitro benzene ring substituents is 1. The van der Waals surface area contributed by atoms with Gasteiger partial charge in [-0.1, -0.05) is 18.2 Å². The van der Waals surface area contributed by atoms with Gasteiger partial charge in [0.1, 0.15) is 10.6 Å². The summed E-state index contributed by atoms with van der Waals surface area (Å²) < 4.78 is 72.7. The van der Waals surface area contributed by atoms with Crippen molar-refractivity contribution < 1.29 is 31.2 Å². The lowest BCUT2D eigenvalue weighted by atomic mass is 10.1. The topological polar surface area (TPSA) is 123 Å². The van der Waals surface area contributed by atoms with Crippen molar-refractivity contribution in [3.05, 3.63) is 88.0 Å². The van der Waals surface area contributed by atoms with Gasteiger partial charge in [0.05, 0.1) is 29.5 Å². The number of ether oxygens (including phenoxy) is 1. The minimum absolute atomic E-state index is 0.154. The molecule has 0 fully saturated rings. The van der Waals surface area contributed by atoms with Crippen LogP contribution in [0.2, 0.25) is 0 Å². The van der Waals surface area contributed by atoms with E-state index in [4.69, 9.17) is 4.74 Å². The van der Waals surface area contributed by atoms with E-state index >= 15 is 0 Å². The molecule has 0 aliphatic rings. The predicted molar refractivity (Wildman–Crippen MR) is 120 cm³/mol. The average molecular weight is 494 g/mol. The van der Waals surface area contributed by atoms with Crippen LogP contribution < -0.4 is 14.9 Å². The first-order valence-corrected chi connectivity index (χ1v) is 10.9. The molecule has 0 aliphatic carbocycles. The Morgan fingerprint density at radius 2 is 1.74 bits per heavy atom. The summed E-state index contributed by atoms with van der Waals surface area (Å²) in [7, 11) is -2.92. The van der Waals surface area contributed by atoms with Crippen molar-refractivity contribution in [2.24, 2.45) is 5.10 Å². The highest BCUT2D eigenvalue weighted by molar-refractivity contribution is 7.92. The molecule has 3 rings (SSSR count). The lowest BCUT2D eigenvalue weighted by Gasteiger charge is -2.13. The van der Waals surface area contributed by atoms with E-state index in [1.54, 1.807) is 0 Å². The Kier molecular flexibility index (Phi) is 7.05. The molecular formula is C21H17F3N4O5S. The van der Waals surface area contributed by atoms with E-state index in [2.05, 4.69) is 15.2 Å². The minimum atomic E-state index is -4.62. The molecule has 0 heterocycles. The van der Waals surface area contributed by atoms with Gasteiger partial charge in [-0.25, -0.2) is 8.42 Å². The van der Waals surface area contributed by atoms with E-state index in [-0.39, 0.29) is 16.9 Å². The van der Waals surface area contributed by atoms with Crippen LogP contribution in [0.25, 0.3) is 0 Å². The Morgan fingerprint density at radius 1 is 1.06 bits per heavy atom. The number of nitrogens with one attached hydrogen (secondary N) is 2. The number of sulfonamides is 1. The SMILES string of the molecule is COc1ccc(NS(=O)(=O)c2cc([N+](=O)[O-])ccc2N/N=C/c2ccccc2C(F)(F)F)cc1. The fourth-order valence-corrected chi connectivity index (χ4v) is 4.08. The monoisotopic (exact) mass is 494 g/mol. The van der Waals surface area contributed by atoms with E-state index in [0.29, 0.717) is 5.75 Å². The summed E-state index contributed by atoms with van der Waals surface area (Å²) in [5.74, 6) is 0.481. The second-order valence-corrected chi connectivity index (χ2v) is 8.38. The molecule has 0 saturated carbocycles. The van der Waals surface area contributed by atoms with E-state index in [1.165, 1.54) is 49.6 Å². The van der Waals surface area contributed by atoms with Gasteiger partial charge in [-0.3, -0.25) is 20.3 Å². The Bertz CT molecular complexity index is 1330. The van der Waals surface area contributed by atoms with E-state index in [9.17, 15) is 31.7 Å². The summed E-state index contributed by atoms with van der Waals surface area (Å²) in [5, 5.41) is 14.9. The minimum Gasteiger partial charge on any atom is -0.497 e. The molecule has 34 heavy (non-hydrogen) atoms. The van der Waals surface area contributed by atoms with E-state index < -0.39 is 37.3 Å². The summed E-state index contributed by atoms with van der Waals surface area (Å²) in [6, 6.07) is 13.5. The number of hydrogen-bond acceptors (Lipinski definition) is 7. The second kappa shape index (κ2) is 9.79. The summed E-state index contributed by atoms with van der Waals surface area (Å²) in [6.07, 6.45) is -3.75. The van der Waals surface area contributed by atoms with E-state index in [0.717, 1.165) is 30.5 Å². The molecule has 0 unspecified atom stereocenters. The number of nitro benzene ring substituents is 1. The quantitative estimate of drug-likeness (QED) is 0.262. The van der Waals surface area contributed by atoms with Crippen molar-refractivity contribution in [2.75, 3.05) is 17.3 Å². The molecular weight excluding hydrogens is 477 g/mol. The lowest BCUT2D eigenvalue weighted by molar-refractivity contribution is -0.385. The van der Waals surface area contributed by atoms with Crippen molar-refractivity contribution in [1.29, 1.82) is 0 Å². The number of hydrazone groups is 1. The van der Waals surface area contributed by atoms with Crippen molar-refractivity contribution in [1.82, 2.24) is 0 Å². The van der Waals surface area contributed by atoms with Crippen LogP contribution in [-0.2, 0) is 16.2 Å². The summed E-state index contributed by atoms with van der Waals surface area (Å²) in [5.41, 5.74) is 0.624. The normalized spacial score (nSPS) is 11.9. The zero-order valence-electron chi connectivity index (χ0n) is 17.4. The number of nitro groups is 1. The maximum Gasteiger partial charge on any atom is 0.417 e. The number of hydrogen-bond donors (Lipinski definition) is 2. The fraction of sp³-hybridized carbons (Fsp3) is 0.0952. The molecule has 0 bridgehead atoms. The third kappa shape index (κ3) is 5.81. The standard InChI is InChI=1S/C21H17F3N4O5S/c1-33-17-9-6-15(7-10-17)27-34(31,32)20-12-16(28(29)30)8-11-19(20)26-25-13-14-4-2-3-5-18(14)21(22,23)24/h2-13,26-27H,1H3/b25-13+. The van der Waals surface area contributed by atoms with Crippen molar-refractivity contribution in [3.8, 4) is 5.75 Å². The van der Waals surface area contributed by atoms with Gasteiger partial charge < -0.3 is 4.74 Å². The molecule has 178 valence electrons. The predicted octanol–water partition coefficient (Wildman–Crippen LogP) is 4.87. The molecule has 0 atom stereocenters. The lowest BCUT2D eigenvalue weighted by Crippen LogP contribution is -2.15. The van der Waals surface area contributed by atoms with Gasteiger partial charge in [0.2, 0.25) is 0 Å². The summed E-state index contributed by atoms with van der Waals surface area (Å²) in [6.45, 7) is 0. The molecule has 9 nitrogen and oxygen atoms in total. The maximum atomic E-state index is 13.2. The second-order valence-electron chi connectivity index (χ2n) is 6.73. The number of alkyl halides is 3. The van der Waals surface area contributed by atoms with Crippen LogP contribution in [-0.4, -0.2) is 26.7 Å². The average Bonchev–Trinajstić information content (AvgIpc) is 2.79. The molecule has 0 spiro atoms. The van der Waals surface area contributed by atoms with Crippen LogP contribution in [0.5, 0.6) is 5.75 Å². The van der Waals surface area contributed by atoms with Gasteiger partial charge in [0.15, 0.2) is 0 Å². The van der Waals surface area contributed by atoms with Crippen LogP contribution in [0.3, 0.4) is 0 Å². The van der Waals surface area contributed by atoms with Gasteiger partial charge in [-0.05, 0) is 36.4 Å². The third-order valence-corrected chi connectivity index (χ3v) is 5.88. The molecule has 3 aromatic carbocycles. The first kappa shape index (κ1) is 24.5. The van der Waals surface area contributed by atoms with Crippen LogP contribution in [0, 0.1) is 10.1 Å². The fourth-order valence-electron chi connectivity index (χ4n) is 2.85. The Labute approximate surface area is 192 Å². The molecule has 3 aromatic rings. The first-order valence-electron chi connectivity index (χ1n) is 9.42. The molecule has 2 N–H and O–H groups in total. The van der Waals surface area contributed by atoms with E-state index in [1.807, 2.05) is 0 Å². The van der Waals surface area contributed by atoms with Gasteiger partial charge in [-0.15, -0.1) is 0 Å².